The van der Waals surface area contributed by atoms with Gasteiger partial charge in [-0.25, -0.2) is 0 Å². The SMILES string of the molecule is CN1CCC(CN(C)S(=O)(=O)N2CCCC(CO)C2)CC1. The van der Waals surface area contributed by atoms with Crippen molar-refractivity contribution in [1.82, 2.24) is 13.5 Å². The molecule has 1 atom stereocenters. The van der Waals surface area contributed by atoms with Crippen LogP contribution in [0.5, 0.6) is 0 Å². The maximum absolute atomic E-state index is 12.6. The Morgan fingerprint density at radius 3 is 2.43 bits per heavy atom. The summed E-state index contributed by atoms with van der Waals surface area (Å²) in [4.78, 5) is 2.29. The van der Waals surface area contributed by atoms with E-state index < -0.39 is 10.2 Å². The largest absolute Gasteiger partial charge is 0.396 e. The molecule has 0 aromatic heterocycles. The molecule has 2 aliphatic rings. The first-order valence-electron chi connectivity index (χ1n) is 7.94. The van der Waals surface area contributed by atoms with E-state index in [-0.39, 0.29) is 12.5 Å². The lowest BCUT2D eigenvalue weighted by atomic mass is 9.97. The van der Waals surface area contributed by atoms with Gasteiger partial charge in [0.15, 0.2) is 0 Å². The van der Waals surface area contributed by atoms with E-state index in [1.165, 1.54) is 4.31 Å². The first kappa shape index (κ1) is 17.1. The summed E-state index contributed by atoms with van der Waals surface area (Å²) in [7, 11) is 0.425. The number of likely N-dealkylation sites (tertiary alicyclic amines) is 1. The Hall–Kier alpha value is -0.210. The van der Waals surface area contributed by atoms with Gasteiger partial charge in [0.2, 0.25) is 0 Å². The molecule has 1 unspecified atom stereocenters. The number of piperidine rings is 2. The molecule has 21 heavy (non-hydrogen) atoms. The van der Waals surface area contributed by atoms with Gasteiger partial charge >= 0.3 is 0 Å². The molecule has 0 saturated carbocycles. The van der Waals surface area contributed by atoms with E-state index in [9.17, 15) is 13.5 Å². The lowest BCUT2D eigenvalue weighted by molar-refractivity contribution is 0.158. The molecule has 1 N–H and O–H groups in total. The van der Waals surface area contributed by atoms with Crippen LogP contribution >= 0.6 is 0 Å². The molecule has 2 saturated heterocycles. The third-order valence-corrected chi connectivity index (χ3v) is 6.73. The fraction of sp³-hybridized carbons (Fsp3) is 1.00. The topological polar surface area (TPSA) is 64.1 Å². The molecule has 0 amide bonds. The molecule has 6 nitrogen and oxygen atoms in total. The summed E-state index contributed by atoms with van der Waals surface area (Å²) < 4.78 is 28.4. The van der Waals surface area contributed by atoms with Gasteiger partial charge in [-0.2, -0.15) is 17.0 Å². The summed E-state index contributed by atoms with van der Waals surface area (Å²) in [6.45, 7) is 3.82. The number of hydrogen-bond donors (Lipinski definition) is 1. The van der Waals surface area contributed by atoms with Crippen molar-refractivity contribution < 1.29 is 13.5 Å². The Labute approximate surface area is 128 Å². The van der Waals surface area contributed by atoms with Crippen molar-refractivity contribution in [1.29, 1.82) is 0 Å². The second kappa shape index (κ2) is 7.37. The number of nitrogens with zero attached hydrogens (tertiary/aromatic N) is 3. The summed E-state index contributed by atoms with van der Waals surface area (Å²) in [5.74, 6) is 0.546. The molecule has 0 aromatic rings. The summed E-state index contributed by atoms with van der Waals surface area (Å²) in [6.07, 6.45) is 3.89. The van der Waals surface area contributed by atoms with Gasteiger partial charge in [0.1, 0.15) is 0 Å². The quantitative estimate of drug-likeness (QED) is 0.787. The van der Waals surface area contributed by atoms with Crippen LogP contribution in [0, 0.1) is 11.8 Å². The molecule has 2 aliphatic heterocycles. The third kappa shape index (κ3) is 4.39. The first-order valence-corrected chi connectivity index (χ1v) is 9.34. The van der Waals surface area contributed by atoms with Crippen molar-refractivity contribution in [2.45, 2.75) is 25.7 Å². The fourth-order valence-corrected chi connectivity index (χ4v) is 4.84. The van der Waals surface area contributed by atoms with E-state index in [0.29, 0.717) is 25.6 Å². The molecule has 0 aliphatic carbocycles. The number of aliphatic hydroxyl groups excluding tert-OH is 1. The van der Waals surface area contributed by atoms with Crippen LogP contribution < -0.4 is 0 Å². The highest BCUT2D eigenvalue weighted by Gasteiger charge is 2.33. The van der Waals surface area contributed by atoms with Crippen LogP contribution in [-0.2, 0) is 10.2 Å². The molecular formula is C14H29N3O3S. The zero-order valence-electron chi connectivity index (χ0n) is 13.2. The highest BCUT2D eigenvalue weighted by Crippen LogP contribution is 2.23. The van der Waals surface area contributed by atoms with Gasteiger partial charge in [0.05, 0.1) is 0 Å². The standard InChI is InChI=1S/C14H29N3O3S/c1-15-8-5-13(6-9-15)10-16(2)21(19,20)17-7-3-4-14(11-17)12-18/h13-14,18H,3-12H2,1-2H3. The zero-order valence-corrected chi connectivity index (χ0v) is 14.1. The van der Waals surface area contributed by atoms with E-state index in [1.807, 2.05) is 0 Å². The molecule has 2 fully saturated rings. The Morgan fingerprint density at radius 2 is 1.81 bits per heavy atom. The van der Waals surface area contributed by atoms with E-state index in [1.54, 1.807) is 11.4 Å². The first-order chi connectivity index (χ1) is 9.93. The second-order valence-electron chi connectivity index (χ2n) is 6.58. The van der Waals surface area contributed by atoms with Crippen LogP contribution in [-0.4, -0.2) is 80.5 Å². The molecule has 7 heteroatoms. The van der Waals surface area contributed by atoms with Crippen LogP contribution in [0.2, 0.25) is 0 Å². The zero-order chi connectivity index (χ0) is 15.5. The average Bonchev–Trinajstić information content (AvgIpc) is 2.49. The van der Waals surface area contributed by atoms with Gasteiger partial charge in [0, 0.05) is 33.3 Å². The highest BCUT2D eigenvalue weighted by molar-refractivity contribution is 7.86. The van der Waals surface area contributed by atoms with Crippen molar-refractivity contribution in [3.05, 3.63) is 0 Å². The molecular weight excluding hydrogens is 290 g/mol. The second-order valence-corrected chi connectivity index (χ2v) is 8.62. The summed E-state index contributed by atoms with van der Waals surface area (Å²) in [5.41, 5.74) is 0. The number of hydrogen-bond acceptors (Lipinski definition) is 4. The van der Waals surface area contributed by atoms with Gasteiger partial charge in [-0.1, -0.05) is 0 Å². The Kier molecular flexibility index (Phi) is 6.02. The number of rotatable bonds is 5. The predicted molar refractivity (Wildman–Crippen MR) is 83.2 cm³/mol. The Balaban J connectivity index is 1.91. The highest BCUT2D eigenvalue weighted by atomic mass is 32.2. The Bertz CT molecular complexity index is 421. The maximum atomic E-state index is 12.6. The lowest BCUT2D eigenvalue weighted by Crippen LogP contribution is -2.48. The van der Waals surface area contributed by atoms with Crippen molar-refractivity contribution in [2.75, 3.05) is 53.4 Å². The minimum absolute atomic E-state index is 0.0741. The minimum Gasteiger partial charge on any atom is -0.396 e. The lowest BCUT2D eigenvalue weighted by Gasteiger charge is -2.36. The number of aliphatic hydroxyl groups is 1. The third-order valence-electron chi connectivity index (χ3n) is 4.81. The van der Waals surface area contributed by atoms with Crippen molar-refractivity contribution in [3.8, 4) is 0 Å². The van der Waals surface area contributed by atoms with Crippen LogP contribution in [0.1, 0.15) is 25.7 Å². The fourth-order valence-electron chi connectivity index (χ4n) is 3.29. The van der Waals surface area contributed by atoms with Crippen LogP contribution in [0.3, 0.4) is 0 Å². The predicted octanol–water partition coefficient (Wildman–Crippen LogP) is 0.209. The smallest absolute Gasteiger partial charge is 0.281 e. The van der Waals surface area contributed by atoms with Gasteiger partial charge in [-0.15, -0.1) is 0 Å². The molecule has 0 bridgehead atoms. The average molecular weight is 319 g/mol. The van der Waals surface area contributed by atoms with E-state index >= 15 is 0 Å². The monoisotopic (exact) mass is 319 g/mol. The van der Waals surface area contributed by atoms with Crippen molar-refractivity contribution >= 4 is 10.2 Å². The van der Waals surface area contributed by atoms with Gasteiger partial charge in [-0.3, -0.25) is 0 Å². The van der Waals surface area contributed by atoms with E-state index in [0.717, 1.165) is 38.8 Å². The summed E-state index contributed by atoms with van der Waals surface area (Å²) in [6, 6.07) is 0. The van der Waals surface area contributed by atoms with Crippen LogP contribution in [0.15, 0.2) is 0 Å². The molecule has 2 rings (SSSR count). The summed E-state index contributed by atoms with van der Waals surface area (Å²) in [5, 5.41) is 9.26. The van der Waals surface area contributed by atoms with E-state index in [4.69, 9.17) is 0 Å². The van der Waals surface area contributed by atoms with Crippen LogP contribution in [0.4, 0.5) is 0 Å². The van der Waals surface area contributed by atoms with Gasteiger partial charge < -0.3 is 10.0 Å². The van der Waals surface area contributed by atoms with Crippen molar-refractivity contribution in [2.24, 2.45) is 11.8 Å². The van der Waals surface area contributed by atoms with Gasteiger partial charge in [0.25, 0.3) is 10.2 Å². The van der Waals surface area contributed by atoms with E-state index in [2.05, 4.69) is 11.9 Å². The van der Waals surface area contributed by atoms with Gasteiger partial charge in [-0.05, 0) is 57.7 Å². The molecule has 0 aromatic carbocycles. The molecule has 2 heterocycles. The molecule has 124 valence electrons. The molecule has 0 radical (unpaired) electrons. The molecule has 0 spiro atoms. The maximum Gasteiger partial charge on any atom is 0.281 e. The van der Waals surface area contributed by atoms with Crippen molar-refractivity contribution in [3.63, 3.8) is 0 Å². The Morgan fingerprint density at radius 1 is 1.14 bits per heavy atom. The van der Waals surface area contributed by atoms with Crippen LogP contribution in [0.25, 0.3) is 0 Å². The normalized spacial score (nSPS) is 27.3. The minimum atomic E-state index is -3.38. The summed E-state index contributed by atoms with van der Waals surface area (Å²) >= 11 is 0.